The molecule has 0 aliphatic heterocycles. The average molecular weight is 188 g/mol. The smallest absolute Gasteiger partial charge is 0.119 e. The summed E-state index contributed by atoms with van der Waals surface area (Å²) in [6.07, 6.45) is 5.74. The first kappa shape index (κ1) is 10.6. The maximum Gasteiger partial charge on any atom is 0.119 e. The van der Waals surface area contributed by atoms with Gasteiger partial charge in [0.2, 0.25) is 0 Å². The van der Waals surface area contributed by atoms with Crippen LogP contribution in [0.15, 0.2) is 49.6 Å². The van der Waals surface area contributed by atoms with E-state index in [2.05, 4.69) is 25.3 Å². The Hall–Kier alpha value is -1.50. The highest BCUT2D eigenvalue weighted by molar-refractivity contribution is 5.27. The van der Waals surface area contributed by atoms with Gasteiger partial charge < -0.3 is 4.74 Å². The molecule has 0 radical (unpaired) electrons. The van der Waals surface area contributed by atoms with Crippen LogP contribution in [-0.4, -0.2) is 6.61 Å². The first-order valence-electron chi connectivity index (χ1n) is 4.80. The molecule has 1 heteroatoms. The van der Waals surface area contributed by atoms with Gasteiger partial charge in [-0.05, 0) is 30.5 Å². The van der Waals surface area contributed by atoms with E-state index in [0.29, 0.717) is 6.61 Å². The van der Waals surface area contributed by atoms with Crippen LogP contribution in [-0.2, 0) is 6.42 Å². The van der Waals surface area contributed by atoms with Crippen LogP contribution >= 0.6 is 0 Å². The third-order valence-electron chi connectivity index (χ3n) is 1.93. The molecule has 0 N–H and O–H groups in total. The first-order chi connectivity index (χ1) is 6.86. The summed E-state index contributed by atoms with van der Waals surface area (Å²) < 4.78 is 5.38. The van der Waals surface area contributed by atoms with Crippen molar-refractivity contribution in [1.82, 2.24) is 0 Å². The van der Waals surface area contributed by atoms with E-state index in [1.54, 1.807) is 6.08 Å². The molecule has 1 aromatic carbocycles. The van der Waals surface area contributed by atoms with Crippen LogP contribution in [0, 0.1) is 0 Å². The normalized spacial score (nSPS) is 9.43. The van der Waals surface area contributed by atoms with Crippen LogP contribution in [0.2, 0.25) is 0 Å². The van der Waals surface area contributed by atoms with E-state index in [4.69, 9.17) is 4.74 Å². The minimum Gasteiger partial charge on any atom is -0.490 e. The Kier molecular flexibility index (Phi) is 4.56. The van der Waals surface area contributed by atoms with Crippen LogP contribution in [0.3, 0.4) is 0 Å². The minimum absolute atomic E-state index is 0.562. The molecule has 0 amide bonds. The Morgan fingerprint density at radius 1 is 1.07 bits per heavy atom. The van der Waals surface area contributed by atoms with E-state index in [1.807, 2.05) is 18.2 Å². The van der Waals surface area contributed by atoms with Gasteiger partial charge in [0.15, 0.2) is 0 Å². The number of ether oxygens (including phenoxy) is 1. The highest BCUT2D eigenvalue weighted by Gasteiger charge is 1.93. The molecule has 0 aliphatic carbocycles. The Morgan fingerprint density at radius 3 is 2.36 bits per heavy atom. The topological polar surface area (TPSA) is 9.23 Å². The largest absolute Gasteiger partial charge is 0.490 e. The maximum absolute atomic E-state index is 5.38. The van der Waals surface area contributed by atoms with Gasteiger partial charge in [-0.2, -0.15) is 0 Å². The molecular formula is C13H16O. The fourth-order valence-corrected chi connectivity index (χ4v) is 1.18. The summed E-state index contributed by atoms with van der Waals surface area (Å²) in [7, 11) is 0. The van der Waals surface area contributed by atoms with E-state index in [1.165, 1.54) is 5.56 Å². The maximum atomic E-state index is 5.38. The summed E-state index contributed by atoms with van der Waals surface area (Å²) in [6.45, 7) is 7.86. The standard InChI is InChI=1S/C13H16O/c1-3-5-6-12-7-9-13(10-8-12)14-11-4-2/h3-4,7-10H,1-2,5-6,11H2. The van der Waals surface area contributed by atoms with Crippen molar-refractivity contribution in [3.63, 3.8) is 0 Å². The molecule has 1 aromatic rings. The quantitative estimate of drug-likeness (QED) is 0.622. The molecule has 0 fully saturated rings. The lowest BCUT2D eigenvalue weighted by atomic mass is 10.1. The lowest BCUT2D eigenvalue weighted by Gasteiger charge is -2.04. The van der Waals surface area contributed by atoms with E-state index >= 15 is 0 Å². The van der Waals surface area contributed by atoms with Crippen LogP contribution in [0.1, 0.15) is 12.0 Å². The van der Waals surface area contributed by atoms with E-state index < -0.39 is 0 Å². The van der Waals surface area contributed by atoms with Gasteiger partial charge in [0.05, 0.1) is 0 Å². The van der Waals surface area contributed by atoms with Crippen molar-refractivity contribution < 1.29 is 4.74 Å². The highest BCUT2D eigenvalue weighted by Crippen LogP contribution is 2.13. The number of aryl methyl sites for hydroxylation is 1. The number of hydrogen-bond donors (Lipinski definition) is 0. The van der Waals surface area contributed by atoms with Gasteiger partial charge in [-0.1, -0.05) is 30.9 Å². The summed E-state index contributed by atoms with van der Waals surface area (Å²) in [5.41, 5.74) is 1.32. The molecule has 74 valence electrons. The van der Waals surface area contributed by atoms with Gasteiger partial charge in [-0.15, -0.1) is 6.58 Å². The zero-order chi connectivity index (χ0) is 10.2. The molecule has 0 spiro atoms. The van der Waals surface area contributed by atoms with Crippen molar-refractivity contribution in [2.75, 3.05) is 6.61 Å². The summed E-state index contributed by atoms with van der Waals surface area (Å²) in [6, 6.07) is 8.15. The minimum atomic E-state index is 0.562. The fraction of sp³-hybridized carbons (Fsp3) is 0.231. The molecule has 14 heavy (non-hydrogen) atoms. The van der Waals surface area contributed by atoms with Gasteiger partial charge in [-0.25, -0.2) is 0 Å². The van der Waals surface area contributed by atoms with Crippen molar-refractivity contribution >= 4 is 0 Å². The van der Waals surface area contributed by atoms with Crippen LogP contribution < -0.4 is 4.74 Å². The second kappa shape index (κ2) is 6.03. The Morgan fingerprint density at radius 2 is 1.79 bits per heavy atom. The van der Waals surface area contributed by atoms with E-state index in [-0.39, 0.29) is 0 Å². The predicted molar refractivity (Wildman–Crippen MR) is 60.7 cm³/mol. The fourth-order valence-electron chi connectivity index (χ4n) is 1.18. The van der Waals surface area contributed by atoms with Gasteiger partial charge >= 0.3 is 0 Å². The van der Waals surface area contributed by atoms with Crippen LogP contribution in [0.4, 0.5) is 0 Å². The second-order valence-electron chi connectivity index (χ2n) is 3.07. The van der Waals surface area contributed by atoms with E-state index in [9.17, 15) is 0 Å². The lowest BCUT2D eigenvalue weighted by molar-refractivity contribution is 0.363. The number of hydrogen-bond acceptors (Lipinski definition) is 1. The van der Waals surface area contributed by atoms with Crippen molar-refractivity contribution in [2.45, 2.75) is 12.8 Å². The summed E-state index contributed by atoms with van der Waals surface area (Å²) in [5.74, 6) is 0.896. The van der Waals surface area contributed by atoms with Crippen molar-refractivity contribution in [2.24, 2.45) is 0 Å². The van der Waals surface area contributed by atoms with Crippen LogP contribution in [0.5, 0.6) is 5.75 Å². The van der Waals surface area contributed by atoms with Crippen molar-refractivity contribution in [1.29, 1.82) is 0 Å². The molecule has 0 heterocycles. The molecule has 0 atom stereocenters. The first-order valence-corrected chi connectivity index (χ1v) is 4.80. The second-order valence-corrected chi connectivity index (χ2v) is 3.07. The van der Waals surface area contributed by atoms with E-state index in [0.717, 1.165) is 18.6 Å². The van der Waals surface area contributed by atoms with Gasteiger partial charge in [0, 0.05) is 0 Å². The molecule has 1 rings (SSSR count). The third-order valence-corrected chi connectivity index (χ3v) is 1.93. The summed E-state index contributed by atoms with van der Waals surface area (Å²) in [4.78, 5) is 0. The third kappa shape index (κ3) is 3.48. The molecule has 0 aliphatic rings. The molecule has 1 nitrogen and oxygen atoms in total. The Balaban J connectivity index is 2.49. The molecule has 0 saturated heterocycles. The number of benzene rings is 1. The van der Waals surface area contributed by atoms with Crippen LogP contribution in [0.25, 0.3) is 0 Å². The Labute approximate surface area is 85.7 Å². The van der Waals surface area contributed by atoms with Gasteiger partial charge in [0.25, 0.3) is 0 Å². The number of allylic oxidation sites excluding steroid dienone is 1. The van der Waals surface area contributed by atoms with Crippen molar-refractivity contribution in [3.8, 4) is 5.75 Å². The summed E-state index contributed by atoms with van der Waals surface area (Å²) >= 11 is 0. The molecule has 0 aromatic heterocycles. The predicted octanol–water partition coefficient (Wildman–Crippen LogP) is 3.37. The van der Waals surface area contributed by atoms with Gasteiger partial charge in [-0.3, -0.25) is 0 Å². The Bertz CT molecular complexity index is 254. The zero-order valence-electron chi connectivity index (χ0n) is 8.41. The molecule has 0 unspecified atom stereocenters. The zero-order valence-corrected chi connectivity index (χ0v) is 8.41. The lowest BCUT2D eigenvalue weighted by Crippen LogP contribution is -1.92. The monoisotopic (exact) mass is 188 g/mol. The van der Waals surface area contributed by atoms with Crippen molar-refractivity contribution in [3.05, 3.63) is 55.1 Å². The SMILES string of the molecule is C=CCCc1ccc(OCC=C)cc1. The number of rotatable bonds is 6. The summed E-state index contributed by atoms with van der Waals surface area (Å²) in [5, 5.41) is 0. The highest BCUT2D eigenvalue weighted by atomic mass is 16.5. The molecule has 0 saturated carbocycles. The molecule has 0 bridgehead atoms. The molecular weight excluding hydrogens is 172 g/mol. The average Bonchev–Trinajstić information content (AvgIpc) is 2.25. The van der Waals surface area contributed by atoms with Gasteiger partial charge in [0.1, 0.15) is 12.4 Å².